The minimum Gasteiger partial charge on any atom is -0.467 e. The van der Waals surface area contributed by atoms with Crippen LogP contribution in [0.4, 0.5) is 0 Å². The molecule has 0 fully saturated rings. The molecule has 0 spiro atoms. The first-order chi connectivity index (χ1) is 16.3. The largest absolute Gasteiger partial charge is 0.467 e. The molecule has 0 saturated heterocycles. The van der Waals surface area contributed by atoms with Gasteiger partial charge in [0, 0.05) is 28.0 Å². The zero-order valence-electron chi connectivity index (χ0n) is 17.8. The Labute approximate surface area is 198 Å². The standard InChI is InChI=1S/C24H21N5O2S2/c30-21-13-17(25-23-29(21)19-10-4-5-11-20(19)33-23)15-32-24-27-26-22(16-7-2-1-3-8-16)28(24)14-18-9-6-12-31-18/h1-3,6-9,12-13H,4-5,10-11,14-15H2. The second-order valence-electron chi connectivity index (χ2n) is 8.01. The summed E-state index contributed by atoms with van der Waals surface area (Å²) in [5, 5.41) is 9.67. The Kier molecular flexibility index (Phi) is 5.35. The molecule has 4 heterocycles. The van der Waals surface area contributed by atoms with Crippen molar-refractivity contribution in [1.82, 2.24) is 24.1 Å². The van der Waals surface area contributed by atoms with Crippen molar-refractivity contribution >= 4 is 28.1 Å². The van der Waals surface area contributed by atoms with Crippen molar-refractivity contribution in [3.05, 3.63) is 87.2 Å². The summed E-state index contributed by atoms with van der Waals surface area (Å²) in [5.41, 5.74) is 2.92. The SMILES string of the molecule is O=c1cc(CSc2nnc(-c3ccccc3)n2Cc2ccco2)nc2sc3c(n12)CCCC3. The van der Waals surface area contributed by atoms with Crippen LogP contribution in [0.15, 0.2) is 69.2 Å². The van der Waals surface area contributed by atoms with E-state index < -0.39 is 0 Å². The molecule has 1 aliphatic carbocycles. The number of fused-ring (bicyclic) bond motifs is 3. The van der Waals surface area contributed by atoms with Gasteiger partial charge in [0.1, 0.15) is 5.76 Å². The minimum atomic E-state index is 0.0111. The Balaban J connectivity index is 1.32. The van der Waals surface area contributed by atoms with Crippen molar-refractivity contribution in [1.29, 1.82) is 0 Å². The van der Waals surface area contributed by atoms with Gasteiger partial charge >= 0.3 is 0 Å². The van der Waals surface area contributed by atoms with Gasteiger partial charge in [0.05, 0.1) is 18.5 Å². The summed E-state index contributed by atoms with van der Waals surface area (Å²) in [6, 6.07) is 15.5. The molecular weight excluding hydrogens is 454 g/mol. The van der Waals surface area contributed by atoms with Gasteiger partial charge in [0.2, 0.25) is 0 Å². The van der Waals surface area contributed by atoms with Crippen molar-refractivity contribution in [3.8, 4) is 11.4 Å². The van der Waals surface area contributed by atoms with Crippen molar-refractivity contribution in [2.75, 3.05) is 0 Å². The van der Waals surface area contributed by atoms with E-state index in [4.69, 9.17) is 9.40 Å². The van der Waals surface area contributed by atoms with E-state index in [-0.39, 0.29) is 5.56 Å². The lowest BCUT2D eigenvalue weighted by atomic mass is 10.0. The fourth-order valence-corrected chi connectivity index (χ4v) is 6.31. The predicted octanol–water partition coefficient (Wildman–Crippen LogP) is 4.83. The topological polar surface area (TPSA) is 78.2 Å². The molecule has 1 aliphatic rings. The van der Waals surface area contributed by atoms with Crippen molar-refractivity contribution in [2.24, 2.45) is 0 Å². The fourth-order valence-electron chi connectivity index (χ4n) is 4.25. The van der Waals surface area contributed by atoms with Gasteiger partial charge in [-0.3, -0.25) is 13.8 Å². The average Bonchev–Trinajstić information content (AvgIpc) is 3.57. The molecule has 0 atom stereocenters. The maximum absolute atomic E-state index is 12.9. The van der Waals surface area contributed by atoms with E-state index in [0.29, 0.717) is 12.3 Å². The molecule has 0 saturated carbocycles. The number of nitrogens with zero attached hydrogens (tertiary/aromatic N) is 5. The van der Waals surface area contributed by atoms with Gasteiger partial charge in [-0.15, -0.1) is 21.5 Å². The van der Waals surface area contributed by atoms with Crippen molar-refractivity contribution < 1.29 is 4.42 Å². The molecule has 0 unspecified atom stereocenters. The van der Waals surface area contributed by atoms with Gasteiger partial charge in [-0.05, 0) is 37.8 Å². The van der Waals surface area contributed by atoms with Crippen LogP contribution in [0, 0.1) is 0 Å². The van der Waals surface area contributed by atoms with Gasteiger partial charge in [0.15, 0.2) is 15.9 Å². The minimum absolute atomic E-state index is 0.0111. The van der Waals surface area contributed by atoms with Crippen LogP contribution >= 0.6 is 23.1 Å². The summed E-state index contributed by atoms with van der Waals surface area (Å²) in [4.78, 5) is 19.8. The van der Waals surface area contributed by atoms with Gasteiger partial charge in [-0.2, -0.15) is 0 Å². The molecule has 1 aromatic carbocycles. The van der Waals surface area contributed by atoms with Crippen LogP contribution in [-0.4, -0.2) is 24.1 Å². The highest BCUT2D eigenvalue weighted by Crippen LogP contribution is 2.30. The lowest BCUT2D eigenvalue weighted by molar-refractivity contribution is 0.485. The Morgan fingerprint density at radius 2 is 1.94 bits per heavy atom. The quantitative estimate of drug-likeness (QED) is 0.328. The number of furan rings is 1. The first-order valence-electron chi connectivity index (χ1n) is 10.9. The highest BCUT2D eigenvalue weighted by atomic mass is 32.2. The smallest absolute Gasteiger partial charge is 0.259 e. The zero-order valence-corrected chi connectivity index (χ0v) is 19.4. The van der Waals surface area contributed by atoms with E-state index in [2.05, 4.69) is 10.2 Å². The van der Waals surface area contributed by atoms with Gasteiger partial charge < -0.3 is 4.42 Å². The molecule has 0 N–H and O–H groups in total. The normalized spacial score (nSPS) is 13.5. The molecule has 4 aromatic heterocycles. The number of thioether (sulfide) groups is 1. The summed E-state index contributed by atoms with van der Waals surface area (Å²) in [6.45, 7) is 0.527. The highest BCUT2D eigenvalue weighted by molar-refractivity contribution is 7.98. The molecule has 0 amide bonds. The highest BCUT2D eigenvalue weighted by Gasteiger charge is 2.20. The van der Waals surface area contributed by atoms with Gasteiger partial charge in [-0.25, -0.2) is 4.98 Å². The Morgan fingerprint density at radius 1 is 1.06 bits per heavy atom. The number of rotatable bonds is 6. The second kappa shape index (κ2) is 8.64. The molecule has 6 rings (SSSR count). The molecule has 33 heavy (non-hydrogen) atoms. The van der Waals surface area contributed by atoms with E-state index in [1.165, 1.54) is 23.1 Å². The zero-order chi connectivity index (χ0) is 22.2. The summed E-state index contributed by atoms with van der Waals surface area (Å²) in [7, 11) is 0. The van der Waals surface area contributed by atoms with E-state index in [1.54, 1.807) is 28.1 Å². The summed E-state index contributed by atoms with van der Waals surface area (Å²) >= 11 is 3.19. The van der Waals surface area contributed by atoms with Gasteiger partial charge in [0.25, 0.3) is 5.56 Å². The first kappa shape index (κ1) is 20.4. The van der Waals surface area contributed by atoms with Gasteiger partial charge in [-0.1, -0.05) is 42.1 Å². The number of hydrogen-bond acceptors (Lipinski definition) is 7. The maximum atomic E-state index is 12.9. The molecule has 166 valence electrons. The summed E-state index contributed by atoms with van der Waals surface area (Å²) in [5.74, 6) is 2.15. The third-order valence-corrected chi connectivity index (χ3v) is 7.95. The van der Waals surface area contributed by atoms with E-state index >= 15 is 0 Å². The van der Waals surface area contributed by atoms with E-state index in [9.17, 15) is 4.79 Å². The van der Waals surface area contributed by atoms with Crippen LogP contribution in [0.1, 0.15) is 34.9 Å². The number of thiazole rings is 1. The van der Waals surface area contributed by atoms with E-state index in [1.807, 2.05) is 47.0 Å². The predicted molar refractivity (Wildman–Crippen MR) is 129 cm³/mol. The fraction of sp³-hybridized carbons (Fsp3) is 0.250. The lowest BCUT2D eigenvalue weighted by Crippen LogP contribution is -2.17. The Bertz CT molecular complexity index is 1470. The molecule has 5 aromatic rings. The maximum Gasteiger partial charge on any atom is 0.259 e. The molecule has 0 bridgehead atoms. The van der Waals surface area contributed by atoms with E-state index in [0.717, 1.165) is 57.9 Å². The van der Waals surface area contributed by atoms with Crippen molar-refractivity contribution in [2.45, 2.75) is 43.1 Å². The second-order valence-corrected chi connectivity index (χ2v) is 10.0. The first-order valence-corrected chi connectivity index (χ1v) is 12.7. The van der Waals surface area contributed by atoms with Crippen LogP contribution in [0.2, 0.25) is 0 Å². The van der Waals surface area contributed by atoms with Crippen LogP contribution in [-0.2, 0) is 25.1 Å². The van der Waals surface area contributed by atoms with Crippen LogP contribution in [0.5, 0.6) is 0 Å². The number of aryl methyl sites for hydroxylation is 2. The van der Waals surface area contributed by atoms with Crippen LogP contribution in [0.25, 0.3) is 16.3 Å². The Morgan fingerprint density at radius 3 is 2.79 bits per heavy atom. The summed E-state index contributed by atoms with van der Waals surface area (Å²) in [6.07, 6.45) is 6.00. The monoisotopic (exact) mass is 475 g/mol. The number of aromatic nitrogens is 5. The third-order valence-electron chi connectivity index (χ3n) is 5.81. The molecular formula is C24H21N5O2S2. The van der Waals surface area contributed by atoms with Crippen LogP contribution < -0.4 is 5.56 Å². The molecule has 0 aliphatic heterocycles. The number of benzene rings is 1. The molecule has 0 radical (unpaired) electrons. The molecule has 7 nitrogen and oxygen atoms in total. The summed E-state index contributed by atoms with van der Waals surface area (Å²) < 4.78 is 9.43. The Hall–Kier alpha value is -3.17. The van der Waals surface area contributed by atoms with Crippen LogP contribution in [0.3, 0.4) is 0 Å². The lowest BCUT2D eigenvalue weighted by Gasteiger charge is -2.10. The number of hydrogen-bond donors (Lipinski definition) is 0. The average molecular weight is 476 g/mol. The third kappa shape index (κ3) is 3.91. The molecule has 9 heteroatoms. The van der Waals surface area contributed by atoms with Crippen molar-refractivity contribution in [3.63, 3.8) is 0 Å².